The van der Waals surface area contributed by atoms with Crippen LogP contribution in [0.4, 0.5) is 4.39 Å². The molecule has 0 saturated heterocycles. The van der Waals surface area contributed by atoms with E-state index in [4.69, 9.17) is 0 Å². The van der Waals surface area contributed by atoms with Crippen molar-refractivity contribution >= 4 is 0 Å². The van der Waals surface area contributed by atoms with Crippen molar-refractivity contribution in [2.24, 2.45) is 0 Å². The smallest absolute Gasteiger partial charge is 0.138 e. The number of rotatable bonds is 2. The Hall–Kier alpha value is -1.75. The molecule has 1 aromatic carbocycles. The van der Waals surface area contributed by atoms with Crippen molar-refractivity contribution in [3.05, 3.63) is 41.7 Å². The van der Waals surface area contributed by atoms with Crippen LogP contribution >= 0.6 is 0 Å². The van der Waals surface area contributed by atoms with Crippen LogP contribution in [0.3, 0.4) is 0 Å². The predicted molar refractivity (Wildman–Crippen MR) is 56.7 cm³/mol. The third-order valence-corrected chi connectivity index (χ3v) is 2.42. The van der Waals surface area contributed by atoms with Crippen molar-refractivity contribution in [1.82, 2.24) is 14.8 Å². The van der Waals surface area contributed by atoms with Crippen LogP contribution in [-0.2, 0) is 0 Å². The molecule has 0 radical (unpaired) electrons. The van der Waals surface area contributed by atoms with Crippen LogP contribution in [0.25, 0.3) is 5.69 Å². The molecule has 2 rings (SSSR count). The molecule has 1 atom stereocenters. The summed E-state index contributed by atoms with van der Waals surface area (Å²) in [6.07, 6.45) is 2.15. The van der Waals surface area contributed by atoms with Gasteiger partial charge in [-0.15, -0.1) is 0 Å². The number of aliphatic hydroxyl groups excluding tert-OH is 1. The molecule has 4 nitrogen and oxygen atoms in total. The molecular weight excluding hydrogens is 209 g/mol. The summed E-state index contributed by atoms with van der Waals surface area (Å²) in [4.78, 5) is 3.83. The quantitative estimate of drug-likeness (QED) is 0.840. The maximum atomic E-state index is 13.4. The Balaban J connectivity index is 2.63. The average Bonchev–Trinajstić information content (AvgIpc) is 2.74. The molecule has 5 heteroatoms. The molecule has 0 saturated carbocycles. The van der Waals surface area contributed by atoms with E-state index < -0.39 is 6.10 Å². The van der Waals surface area contributed by atoms with Gasteiger partial charge in [0.25, 0.3) is 0 Å². The van der Waals surface area contributed by atoms with Crippen LogP contribution in [0.2, 0.25) is 0 Å². The van der Waals surface area contributed by atoms with Gasteiger partial charge in [-0.25, -0.2) is 14.1 Å². The lowest BCUT2D eigenvalue weighted by atomic mass is 10.1. The Bertz CT molecular complexity index is 494. The highest BCUT2D eigenvalue weighted by Crippen LogP contribution is 2.24. The van der Waals surface area contributed by atoms with Crippen LogP contribution in [0.5, 0.6) is 0 Å². The van der Waals surface area contributed by atoms with Crippen LogP contribution < -0.4 is 0 Å². The van der Waals surface area contributed by atoms with Gasteiger partial charge in [0, 0.05) is 5.56 Å². The predicted octanol–water partition coefficient (Wildman–Crippen LogP) is 1.77. The lowest BCUT2D eigenvalue weighted by Crippen LogP contribution is -2.05. The summed E-state index contributed by atoms with van der Waals surface area (Å²) >= 11 is 0. The van der Waals surface area contributed by atoms with Crippen LogP contribution in [-0.4, -0.2) is 19.9 Å². The van der Waals surface area contributed by atoms with Gasteiger partial charge >= 0.3 is 0 Å². The molecule has 0 aliphatic rings. The molecule has 84 valence electrons. The fourth-order valence-corrected chi connectivity index (χ4v) is 1.55. The minimum Gasteiger partial charge on any atom is -0.389 e. The molecule has 0 bridgehead atoms. The Kier molecular flexibility index (Phi) is 2.70. The fourth-order valence-electron chi connectivity index (χ4n) is 1.55. The third kappa shape index (κ3) is 1.81. The molecule has 1 aromatic heterocycles. The topological polar surface area (TPSA) is 50.9 Å². The molecule has 0 fully saturated rings. The number of aryl methyl sites for hydroxylation is 1. The van der Waals surface area contributed by atoms with E-state index in [-0.39, 0.29) is 5.82 Å². The summed E-state index contributed by atoms with van der Waals surface area (Å²) in [5, 5.41) is 13.6. The lowest BCUT2D eigenvalue weighted by Gasteiger charge is -2.13. The first-order valence-electron chi connectivity index (χ1n) is 4.92. The maximum Gasteiger partial charge on any atom is 0.138 e. The molecule has 0 spiro atoms. The highest BCUT2D eigenvalue weighted by molar-refractivity contribution is 5.44. The maximum absolute atomic E-state index is 13.4. The Morgan fingerprint density at radius 3 is 2.75 bits per heavy atom. The van der Waals surface area contributed by atoms with Crippen molar-refractivity contribution in [3.8, 4) is 5.69 Å². The second-order valence-corrected chi connectivity index (χ2v) is 3.68. The molecule has 1 N–H and O–H groups in total. The molecule has 1 unspecified atom stereocenters. The lowest BCUT2D eigenvalue weighted by molar-refractivity contribution is 0.198. The third-order valence-electron chi connectivity index (χ3n) is 2.42. The van der Waals surface area contributed by atoms with Gasteiger partial charge in [-0.3, -0.25) is 0 Å². The zero-order chi connectivity index (χ0) is 11.7. The van der Waals surface area contributed by atoms with Gasteiger partial charge in [0.05, 0.1) is 11.8 Å². The Labute approximate surface area is 92.4 Å². The highest BCUT2D eigenvalue weighted by Gasteiger charge is 2.13. The normalized spacial score (nSPS) is 12.8. The number of aliphatic hydroxyl groups is 1. The van der Waals surface area contributed by atoms with Crippen molar-refractivity contribution in [2.45, 2.75) is 20.0 Å². The van der Waals surface area contributed by atoms with Crippen LogP contribution in [0.1, 0.15) is 24.2 Å². The van der Waals surface area contributed by atoms with E-state index in [1.807, 2.05) is 0 Å². The molecule has 0 aliphatic carbocycles. The molecule has 16 heavy (non-hydrogen) atoms. The number of hydrogen-bond acceptors (Lipinski definition) is 3. The van der Waals surface area contributed by atoms with E-state index in [9.17, 15) is 9.50 Å². The molecule has 1 heterocycles. The SMILES string of the molecule is Cc1cc(-n2cncn2)c(C(C)O)cc1F. The van der Waals surface area contributed by atoms with Gasteiger partial charge in [-0.1, -0.05) is 0 Å². The average molecular weight is 221 g/mol. The standard InChI is InChI=1S/C11H12FN3O/c1-7-3-11(15-6-13-5-14-15)9(8(2)16)4-10(7)12/h3-6,8,16H,1-2H3. The summed E-state index contributed by atoms with van der Waals surface area (Å²) in [5.74, 6) is -0.334. The Morgan fingerprint density at radius 2 is 2.19 bits per heavy atom. The number of benzene rings is 1. The molecule has 2 aromatic rings. The first-order valence-corrected chi connectivity index (χ1v) is 4.92. The van der Waals surface area contributed by atoms with Crippen molar-refractivity contribution < 1.29 is 9.50 Å². The monoisotopic (exact) mass is 221 g/mol. The minimum absolute atomic E-state index is 0.334. The second-order valence-electron chi connectivity index (χ2n) is 3.68. The minimum atomic E-state index is -0.755. The van der Waals surface area contributed by atoms with Crippen LogP contribution in [0.15, 0.2) is 24.8 Å². The van der Waals surface area contributed by atoms with Gasteiger partial charge in [0.1, 0.15) is 18.5 Å². The number of nitrogens with zero attached hydrogens (tertiary/aromatic N) is 3. The summed E-state index contributed by atoms with van der Waals surface area (Å²) in [6, 6.07) is 2.98. The first-order chi connectivity index (χ1) is 7.59. The molecule has 0 aliphatic heterocycles. The van der Waals surface area contributed by atoms with E-state index in [0.717, 1.165) is 0 Å². The van der Waals surface area contributed by atoms with E-state index in [1.54, 1.807) is 19.9 Å². The molecular formula is C11H12FN3O. The summed E-state index contributed by atoms with van der Waals surface area (Å²) in [7, 11) is 0. The molecule has 0 amide bonds. The van der Waals surface area contributed by atoms with Crippen molar-refractivity contribution in [3.63, 3.8) is 0 Å². The van der Waals surface area contributed by atoms with Gasteiger partial charge in [0.2, 0.25) is 0 Å². The van der Waals surface area contributed by atoms with Gasteiger partial charge < -0.3 is 5.11 Å². The summed E-state index contributed by atoms with van der Waals surface area (Å²) in [6.45, 7) is 3.26. The van der Waals surface area contributed by atoms with Gasteiger partial charge in [-0.2, -0.15) is 5.10 Å². The largest absolute Gasteiger partial charge is 0.389 e. The van der Waals surface area contributed by atoms with E-state index in [1.165, 1.54) is 23.4 Å². The van der Waals surface area contributed by atoms with E-state index in [2.05, 4.69) is 10.1 Å². The fraction of sp³-hybridized carbons (Fsp3) is 0.273. The zero-order valence-electron chi connectivity index (χ0n) is 9.05. The highest BCUT2D eigenvalue weighted by atomic mass is 19.1. The number of hydrogen-bond donors (Lipinski definition) is 1. The van der Waals surface area contributed by atoms with E-state index in [0.29, 0.717) is 16.8 Å². The van der Waals surface area contributed by atoms with E-state index >= 15 is 0 Å². The van der Waals surface area contributed by atoms with Gasteiger partial charge in [-0.05, 0) is 31.5 Å². The second kappa shape index (κ2) is 4.02. The first kappa shape index (κ1) is 10.8. The van der Waals surface area contributed by atoms with Crippen LogP contribution in [0, 0.1) is 12.7 Å². The number of aromatic nitrogens is 3. The zero-order valence-corrected chi connectivity index (χ0v) is 9.05. The van der Waals surface area contributed by atoms with Crippen molar-refractivity contribution in [2.75, 3.05) is 0 Å². The van der Waals surface area contributed by atoms with Crippen molar-refractivity contribution in [1.29, 1.82) is 0 Å². The Morgan fingerprint density at radius 1 is 1.44 bits per heavy atom. The summed E-state index contributed by atoms with van der Waals surface area (Å²) < 4.78 is 14.9. The van der Waals surface area contributed by atoms with Gasteiger partial charge in [0.15, 0.2) is 0 Å². The summed E-state index contributed by atoms with van der Waals surface area (Å²) in [5.41, 5.74) is 1.65. The number of halogens is 1.